The van der Waals surface area contributed by atoms with E-state index in [4.69, 9.17) is 10.00 Å². The zero-order valence-electron chi connectivity index (χ0n) is 11.8. The molecule has 4 atom stereocenters. The van der Waals surface area contributed by atoms with Gasteiger partial charge in [0.25, 0.3) is 0 Å². The van der Waals surface area contributed by atoms with Crippen LogP contribution in [0.15, 0.2) is 11.4 Å². The van der Waals surface area contributed by atoms with E-state index >= 15 is 0 Å². The van der Waals surface area contributed by atoms with Gasteiger partial charge in [0.2, 0.25) is 11.8 Å². The van der Waals surface area contributed by atoms with Crippen LogP contribution in [0, 0.1) is 23.2 Å². The number of nitrogens with zero attached hydrogens (tertiary/aromatic N) is 2. The van der Waals surface area contributed by atoms with Crippen LogP contribution in [0.1, 0.15) is 31.6 Å². The van der Waals surface area contributed by atoms with Gasteiger partial charge in [0, 0.05) is 5.38 Å². The smallest absolute Gasteiger partial charge is 0.240 e. The van der Waals surface area contributed by atoms with Crippen LogP contribution in [0.5, 0.6) is 0 Å². The number of thiophene rings is 1. The molecule has 1 aromatic heterocycles. The summed E-state index contributed by atoms with van der Waals surface area (Å²) in [5.74, 6) is -1.15. The van der Waals surface area contributed by atoms with Gasteiger partial charge in [-0.3, -0.25) is 9.59 Å². The van der Waals surface area contributed by atoms with Crippen LogP contribution < -0.4 is 4.90 Å². The van der Waals surface area contributed by atoms with E-state index in [9.17, 15) is 9.59 Å². The number of rotatable bonds is 1. The minimum Gasteiger partial charge on any atom is -0.367 e. The van der Waals surface area contributed by atoms with Crippen LogP contribution in [-0.4, -0.2) is 23.0 Å². The van der Waals surface area contributed by atoms with Crippen molar-refractivity contribution in [3.8, 4) is 6.07 Å². The molecular weight excluding hydrogens is 288 g/mol. The van der Waals surface area contributed by atoms with E-state index in [2.05, 4.69) is 0 Å². The lowest BCUT2D eigenvalue weighted by atomic mass is 9.69. The summed E-state index contributed by atoms with van der Waals surface area (Å²) >= 11 is 1.25. The number of anilines is 1. The molecule has 0 aromatic carbocycles. The van der Waals surface area contributed by atoms with Gasteiger partial charge in [0.1, 0.15) is 10.9 Å². The summed E-state index contributed by atoms with van der Waals surface area (Å²) < 4.78 is 6.05. The fraction of sp³-hybridized carbons (Fsp3) is 0.533. The molecule has 3 aliphatic rings. The van der Waals surface area contributed by atoms with Crippen molar-refractivity contribution < 1.29 is 14.3 Å². The van der Waals surface area contributed by atoms with Gasteiger partial charge in [0.15, 0.2) is 0 Å². The normalized spacial score (nSPS) is 40.7. The van der Waals surface area contributed by atoms with Crippen LogP contribution in [0.4, 0.5) is 5.69 Å². The molecule has 2 bridgehead atoms. The Kier molecular flexibility index (Phi) is 2.31. The predicted molar refractivity (Wildman–Crippen MR) is 75.6 cm³/mol. The van der Waals surface area contributed by atoms with Crippen molar-refractivity contribution >= 4 is 28.8 Å². The number of carbonyl (C=O) groups is 2. The maximum absolute atomic E-state index is 12.8. The van der Waals surface area contributed by atoms with E-state index in [1.54, 1.807) is 11.4 Å². The summed E-state index contributed by atoms with van der Waals surface area (Å²) in [6.07, 6.45) is 1.62. The molecule has 6 heteroatoms. The van der Waals surface area contributed by atoms with Gasteiger partial charge in [-0.1, -0.05) is 0 Å². The van der Waals surface area contributed by atoms with E-state index in [1.807, 2.05) is 19.9 Å². The van der Waals surface area contributed by atoms with Gasteiger partial charge < -0.3 is 4.74 Å². The molecule has 4 unspecified atom stereocenters. The number of fused-ring (bicyclic) bond motifs is 5. The summed E-state index contributed by atoms with van der Waals surface area (Å²) in [5, 5.41) is 10.6. The molecule has 0 N–H and O–H groups in total. The highest BCUT2D eigenvalue weighted by atomic mass is 32.1. The summed E-state index contributed by atoms with van der Waals surface area (Å²) in [4.78, 5) is 27.3. The standard InChI is InChI=1S/C15H14N2O3S/c1-14-3-4-15(2,20-14)11-10(14)12(18)17(13(11)19)8-5-9(6-16)21-7-8/h5,7,10-11H,3-4H2,1-2H3. The number of hydrogen-bond acceptors (Lipinski definition) is 5. The Labute approximate surface area is 126 Å². The molecule has 3 fully saturated rings. The maximum Gasteiger partial charge on any atom is 0.240 e. The summed E-state index contributed by atoms with van der Waals surface area (Å²) in [5.41, 5.74) is -0.545. The quantitative estimate of drug-likeness (QED) is 0.745. The summed E-state index contributed by atoms with van der Waals surface area (Å²) in [6.45, 7) is 3.87. The van der Waals surface area contributed by atoms with Crippen LogP contribution >= 0.6 is 11.3 Å². The van der Waals surface area contributed by atoms with Crippen molar-refractivity contribution in [3.63, 3.8) is 0 Å². The van der Waals surface area contributed by atoms with Crippen LogP contribution in [0.2, 0.25) is 0 Å². The molecule has 3 aliphatic heterocycles. The summed E-state index contributed by atoms with van der Waals surface area (Å²) in [6, 6.07) is 3.65. The lowest BCUT2D eigenvalue weighted by Crippen LogP contribution is -2.40. The zero-order valence-corrected chi connectivity index (χ0v) is 12.6. The molecule has 5 nitrogen and oxygen atoms in total. The molecule has 0 radical (unpaired) electrons. The first-order valence-corrected chi connectivity index (χ1v) is 7.84. The fourth-order valence-electron chi connectivity index (χ4n) is 4.23. The molecule has 0 saturated carbocycles. The number of amides is 2. The van der Waals surface area contributed by atoms with Crippen molar-refractivity contribution in [2.24, 2.45) is 11.8 Å². The highest BCUT2D eigenvalue weighted by Gasteiger charge is 2.72. The lowest BCUT2D eigenvalue weighted by Gasteiger charge is -2.27. The monoisotopic (exact) mass is 302 g/mol. The highest BCUT2D eigenvalue weighted by Crippen LogP contribution is 2.60. The molecule has 3 saturated heterocycles. The molecule has 1 aromatic rings. The average Bonchev–Trinajstić information content (AvgIpc) is 3.11. The second kappa shape index (κ2) is 3.73. The Bertz CT molecular complexity index is 687. The van der Waals surface area contributed by atoms with Gasteiger partial charge in [-0.2, -0.15) is 5.26 Å². The Morgan fingerprint density at radius 1 is 1.29 bits per heavy atom. The van der Waals surface area contributed by atoms with Crippen molar-refractivity contribution in [2.75, 3.05) is 4.90 Å². The lowest BCUT2D eigenvalue weighted by molar-refractivity contribution is -0.129. The maximum atomic E-state index is 12.8. The van der Waals surface area contributed by atoms with Crippen molar-refractivity contribution in [1.29, 1.82) is 5.26 Å². The highest BCUT2D eigenvalue weighted by molar-refractivity contribution is 7.11. The first kappa shape index (κ1) is 13.0. The second-order valence-corrected chi connectivity index (χ2v) is 7.39. The third-order valence-corrected chi connectivity index (χ3v) is 5.98. The van der Waals surface area contributed by atoms with Crippen molar-refractivity contribution in [3.05, 3.63) is 16.3 Å². The third kappa shape index (κ3) is 1.43. The Morgan fingerprint density at radius 3 is 2.33 bits per heavy atom. The number of ether oxygens (including phenoxy) is 1. The van der Waals surface area contributed by atoms with Gasteiger partial charge >= 0.3 is 0 Å². The molecular formula is C15H14N2O3S. The van der Waals surface area contributed by atoms with E-state index in [0.29, 0.717) is 10.6 Å². The predicted octanol–water partition coefficient (Wildman–Crippen LogP) is 2.07. The second-order valence-electron chi connectivity index (χ2n) is 6.48. The molecule has 0 spiro atoms. The van der Waals surface area contributed by atoms with Crippen molar-refractivity contribution in [1.82, 2.24) is 0 Å². The number of nitriles is 1. The Balaban J connectivity index is 1.79. The van der Waals surface area contributed by atoms with E-state index in [-0.39, 0.29) is 11.8 Å². The fourth-order valence-corrected chi connectivity index (χ4v) is 4.89. The summed E-state index contributed by atoms with van der Waals surface area (Å²) in [7, 11) is 0. The Hall–Kier alpha value is -1.71. The van der Waals surface area contributed by atoms with Crippen molar-refractivity contribution in [2.45, 2.75) is 37.9 Å². The first-order valence-electron chi connectivity index (χ1n) is 6.96. The molecule has 4 rings (SSSR count). The van der Waals surface area contributed by atoms with Crippen LogP contribution in [-0.2, 0) is 14.3 Å². The minimum atomic E-state index is -0.533. The first-order chi connectivity index (χ1) is 9.89. The average molecular weight is 302 g/mol. The molecule has 4 heterocycles. The van der Waals surface area contributed by atoms with Gasteiger partial charge in [-0.05, 0) is 32.8 Å². The van der Waals surface area contributed by atoms with Crippen LogP contribution in [0.3, 0.4) is 0 Å². The van der Waals surface area contributed by atoms with Gasteiger partial charge in [-0.25, -0.2) is 4.90 Å². The Morgan fingerprint density at radius 2 is 1.86 bits per heavy atom. The van der Waals surface area contributed by atoms with E-state index in [1.165, 1.54) is 16.2 Å². The largest absolute Gasteiger partial charge is 0.367 e. The number of carbonyl (C=O) groups excluding carboxylic acids is 2. The van der Waals surface area contributed by atoms with Crippen LogP contribution in [0.25, 0.3) is 0 Å². The molecule has 2 amide bonds. The van der Waals surface area contributed by atoms with E-state index < -0.39 is 23.0 Å². The molecule has 0 aliphatic carbocycles. The topological polar surface area (TPSA) is 70.4 Å². The third-order valence-electron chi connectivity index (χ3n) is 5.16. The van der Waals surface area contributed by atoms with Gasteiger partial charge in [-0.15, -0.1) is 11.3 Å². The molecule has 21 heavy (non-hydrogen) atoms. The number of imide groups is 1. The number of hydrogen-bond donors (Lipinski definition) is 0. The zero-order chi connectivity index (χ0) is 15.0. The van der Waals surface area contributed by atoms with E-state index in [0.717, 1.165) is 12.8 Å². The SMILES string of the molecule is CC12CCC(C)(O1)C1C(=O)N(c3csc(C#N)c3)C(=O)C12. The molecule has 108 valence electrons. The van der Waals surface area contributed by atoms with Gasteiger partial charge in [0.05, 0.1) is 28.7 Å². The minimum absolute atomic E-state index is 0.182.